The van der Waals surface area contributed by atoms with Gasteiger partial charge in [-0.05, 0) is 48.6 Å². The average molecular weight is 441 g/mol. The molecule has 1 aromatic carbocycles. The standard InChI is InChI=1S/C22H19N9O2/c23-9-12-1-2-13-5-6-30(11-15(13)7-12)20-27-18-14(8-17-19(32)28-22(33)26-17)10-24-31(18)21(29-20)25-16-3-4-16/h1-2,7-8,10,16,32H,3-6,11H2,(H2,26,28,33)/b14-8+,25-21?. The van der Waals surface area contributed by atoms with E-state index in [1.165, 1.54) is 5.56 Å². The monoisotopic (exact) mass is 441 g/mol. The third-order valence-corrected chi connectivity index (χ3v) is 5.88. The molecule has 3 aromatic heterocycles. The van der Waals surface area contributed by atoms with Crippen LogP contribution in [-0.2, 0) is 13.0 Å². The number of imidazole rings is 1. The quantitative estimate of drug-likeness (QED) is 0.401. The summed E-state index contributed by atoms with van der Waals surface area (Å²) < 4.78 is 1.58. The van der Waals surface area contributed by atoms with Crippen LogP contribution in [0.3, 0.4) is 0 Å². The normalized spacial score (nSPS) is 16.9. The second kappa shape index (κ2) is 7.30. The Hall–Kier alpha value is -4.46. The molecular formula is C22H19N9O2. The molecule has 6 rings (SSSR count). The second-order valence-corrected chi connectivity index (χ2v) is 8.27. The van der Waals surface area contributed by atoms with Gasteiger partial charge in [0.05, 0.1) is 23.9 Å². The van der Waals surface area contributed by atoms with Crippen molar-refractivity contribution < 1.29 is 5.11 Å². The van der Waals surface area contributed by atoms with Crippen molar-refractivity contribution in [3.8, 4) is 11.9 Å². The van der Waals surface area contributed by atoms with Gasteiger partial charge in [-0.15, -0.1) is 0 Å². The van der Waals surface area contributed by atoms with Crippen molar-refractivity contribution >= 4 is 17.7 Å². The van der Waals surface area contributed by atoms with E-state index in [0.717, 1.165) is 31.4 Å². The number of nitrogens with one attached hydrogen (secondary N) is 2. The topological polar surface area (TPSA) is 151 Å². The summed E-state index contributed by atoms with van der Waals surface area (Å²) in [6.07, 6.45) is 6.08. The highest BCUT2D eigenvalue weighted by molar-refractivity contribution is 5.57. The fourth-order valence-electron chi connectivity index (χ4n) is 4.01. The zero-order valence-electron chi connectivity index (χ0n) is 17.5. The molecule has 1 fully saturated rings. The van der Waals surface area contributed by atoms with Gasteiger partial charge in [-0.3, -0.25) is 4.98 Å². The van der Waals surface area contributed by atoms with E-state index in [9.17, 15) is 15.2 Å². The lowest BCUT2D eigenvalue weighted by Crippen LogP contribution is -2.35. The predicted octanol–water partition coefficient (Wildman–Crippen LogP) is -0.109. The molecule has 11 nitrogen and oxygen atoms in total. The van der Waals surface area contributed by atoms with Crippen molar-refractivity contribution in [2.75, 3.05) is 11.4 Å². The molecule has 0 spiro atoms. The largest absolute Gasteiger partial charge is 0.493 e. The van der Waals surface area contributed by atoms with E-state index in [1.54, 1.807) is 16.8 Å². The lowest BCUT2D eigenvalue weighted by molar-refractivity contribution is 0.454. The second-order valence-electron chi connectivity index (χ2n) is 8.27. The lowest BCUT2D eigenvalue weighted by Gasteiger charge is -2.28. The highest BCUT2D eigenvalue weighted by atomic mass is 16.3. The highest BCUT2D eigenvalue weighted by Crippen LogP contribution is 2.24. The van der Waals surface area contributed by atoms with Crippen molar-refractivity contribution in [2.45, 2.75) is 31.8 Å². The molecule has 1 aliphatic carbocycles. The number of hydrogen-bond donors (Lipinski definition) is 3. The van der Waals surface area contributed by atoms with Crippen molar-refractivity contribution in [1.29, 1.82) is 5.26 Å². The number of hydrogen-bond acceptors (Lipinski definition) is 8. The van der Waals surface area contributed by atoms with Crippen molar-refractivity contribution in [3.63, 3.8) is 0 Å². The minimum Gasteiger partial charge on any atom is -0.493 e. The van der Waals surface area contributed by atoms with Crippen LogP contribution >= 0.6 is 0 Å². The number of nitriles is 1. The zero-order chi connectivity index (χ0) is 22.5. The lowest BCUT2D eigenvalue weighted by atomic mass is 9.98. The zero-order valence-corrected chi connectivity index (χ0v) is 17.5. The van der Waals surface area contributed by atoms with E-state index < -0.39 is 5.69 Å². The number of aromatic hydroxyl groups is 1. The summed E-state index contributed by atoms with van der Waals surface area (Å²) in [4.78, 5) is 32.6. The smallest absolute Gasteiger partial charge is 0.326 e. The van der Waals surface area contributed by atoms with E-state index >= 15 is 0 Å². The third kappa shape index (κ3) is 3.51. The molecule has 0 bridgehead atoms. The Kier molecular flexibility index (Phi) is 4.26. The van der Waals surface area contributed by atoms with Gasteiger partial charge in [-0.25, -0.2) is 9.79 Å². The summed E-state index contributed by atoms with van der Waals surface area (Å²) in [5.74, 6) is 0.273. The molecule has 3 N–H and O–H groups in total. The Labute approximate surface area is 186 Å². The highest BCUT2D eigenvalue weighted by Gasteiger charge is 2.23. The van der Waals surface area contributed by atoms with Gasteiger partial charge in [-0.2, -0.15) is 24.8 Å². The van der Waals surface area contributed by atoms with E-state index in [-0.39, 0.29) is 17.6 Å². The van der Waals surface area contributed by atoms with Crippen molar-refractivity contribution in [1.82, 2.24) is 29.5 Å². The molecule has 0 radical (unpaired) electrons. The summed E-state index contributed by atoms with van der Waals surface area (Å²) in [6.45, 7) is 1.32. The molecule has 0 saturated heterocycles. The summed E-state index contributed by atoms with van der Waals surface area (Å²) in [5.41, 5.74) is 3.67. The molecule has 4 aromatic rings. The van der Waals surface area contributed by atoms with Gasteiger partial charge in [0.2, 0.25) is 11.8 Å². The number of anilines is 1. The Morgan fingerprint density at radius 2 is 2.12 bits per heavy atom. The van der Waals surface area contributed by atoms with Gasteiger partial charge in [0, 0.05) is 18.3 Å². The maximum absolute atomic E-state index is 11.5. The number of benzene rings is 1. The van der Waals surface area contributed by atoms with Crippen molar-refractivity contribution in [3.05, 3.63) is 68.1 Å². The summed E-state index contributed by atoms with van der Waals surface area (Å²) in [7, 11) is 0. The number of H-pyrrole nitrogens is 2. The summed E-state index contributed by atoms with van der Waals surface area (Å²) in [5, 5.41) is 24.2. The number of fused-ring (bicyclic) bond motifs is 2. The molecule has 0 atom stereocenters. The minimum absolute atomic E-state index is 0.234. The fourth-order valence-corrected chi connectivity index (χ4v) is 4.01. The molecule has 1 aliphatic heterocycles. The van der Waals surface area contributed by atoms with E-state index in [0.29, 0.717) is 34.5 Å². The average Bonchev–Trinajstić information content (AvgIpc) is 3.46. The SMILES string of the molecule is N#Cc1ccc2c(c1)CN(c1nc(=NC3CC3)n3nc/c(=C\c4[nH]c(=O)[nH]c4O)c3n1)CC2. The van der Waals surface area contributed by atoms with Crippen LogP contribution in [0.4, 0.5) is 5.95 Å². The Morgan fingerprint density at radius 3 is 2.88 bits per heavy atom. The third-order valence-electron chi connectivity index (χ3n) is 5.88. The minimum atomic E-state index is -0.501. The van der Waals surface area contributed by atoms with Crippen LogP contribution < -0.4 is 21.4 Å². The van der Waals surface area contributed by atoms with Gasteiger partial charge in [0.25, 0.3) is 5.62 Å². The van der Waals surface area contributed by atoms with E-state index in [2.05, 4.69) is 26.0 Å². The van der Waals surface area contributed by atoms with Crippen LogP contribution in [0.2, 0.25) is 0 Å². The molecule has 11 heteroatoms. The molecule has 2 aliphatic rings. The number of aromatic amines is 2. The van der Waals surface area contributed by atoms with Gasteiger partial charge in [0.1, 0.15) is 5.69 Å². The maximum atomic E-state index is 11.5. The van der Waals surface area contributed by atoms with Gasteiger partial charge < -0.3 is 15.0 Å². The Morgan fingerprint density at radius 1 is 1.24 bits per heavy atom. The fraction of sp³-hybridized carbons (Fsp3) is 0.273. The first-order valence-corrected chi connectivity index (χ1v) is 10.7. The number of rotatable bonds is 3. The van der Waals surface area contributed by atoms with E-state index in [4.69, 9.17) is 15.0 Å². The molecular weight excluding hydrogens is 422 g/mol. The van der Waals surface area contributed by atoms with Crippen molar-refractivity contribution in [2.24, 2.45) is 4.99 Å². The summed E-state index contributed by atoms with van der Waals surface area (Å²) >= 11 is 0. The molecule has 0 amide bonds. The van der Waals surface area contributed by atoms with Crippen LogP contribution in [-0.4, -0.2) is 47.2 Å². The van der Waals surface area contributed by atoms with Crippen LogP contribution in [0.15, 0.2) is 34.2 Å². The molecule has 4 heterocycles. The Balaban J connectivity index is 1.49. The van der Waals surface area contributed by atoms with Gasteiger partial charge in [0.15, 0.2) is 5.65 Å². The predicted molar refractivity (Wildman–Crippen MR) is 117 cm³/mol. The van der Waals surface area contributed by atoms with Gasteiger partial charge in [-0.1, -0.05) is 6.07 Å². The van der Waals surface area contributed by atoms with Crippen LogP contribution in [0.5, 0.6) is 5.88 Å². The first kappa shape index (κ1) is 19.2. The van der Waals surface area contributed by atoms with Crippen LogP contribution in [0, 0.1) is 11.3 Å². The molecule has 0 unspecified atom stereocenters. The maximum Gasteiger partial charge on any atom is 0.326 e. The number of nitrogens with zero attached hydrogens (tertiary/aromatic N) is 7. The summed E-state index contributed by atoms with van der Waals surface area (Å²) in [6, 6.07) is 8.20. The first-order chi connectivity index (χ1) is 16.1. The number of aromatic nitrogens is 6. The molecule has 164 valence electrons. The van der Waals surface area contributed by atoms with Crippen LogP contribution in [0.1, 0.15) is 35.2 Å². The molecule has 1 saturated carbocycles. The van der Waals surface area contributed by atoms with Gasteiger partial charge >= 0.3 is 5.69 Å². The van der Waals surface area contributed by atoms with E-state index in [1.807, 2.05) is 18.2 Å². The van der Waals surface area contributed by atoms with Crippen LogP contribution in [0.25, 0.3) is 11.7 Å². The molecule has 33 heavy (non-hydrogen) atoms. The first-order valence-electron chi connectivity index (χ1n) is 10.7. The Bertz CT molecular complexity index is 1620.